The number of fused-ring (bicyclic) bond motifs is 1. The van der Waals surface area contributed by atoms with E-state index in [1.165, 1.54) is 6.08 Å². The number of hydrogen-bond acceptors (Lipinski definition) is 11. The third-order valence-electron chi connectivity index (χ3n) is 5.22. The average molecular weight is 416 g/mol. The first-order valence-corrected chi connectivity index (χ1v) is 9.06. The minimum atomic E-state index is -1.67. The lowest BCUT2D eigenvalue weighted by Crippen LogP contribution is -2.62. The van der Waals surface area contributed by atoms with Gasteiger partial charge in [0.25, 0.3) is 0 Å². The fourth-order valence-corrected chi connectivity index (χ4v) is 3.67. The van der Waals surface area contributed by atoms with Crippen LogP contribution in [-0.4, -0.2) is 88.2 Å². The van der Waals surface area contributed by atoms with Crippen LogP contribution in [0.3, 0.4) is 0 Å². The van der Waals surface area contributed by atoms with E-state index in [1.807, 2.05) is 0 Å². The number of carbonyl (C=O) groups is 2. The van der Waals surface area contributed by atoms with Crippen LogP contribution in [0.2, 0.25) is 0 Å². The Balaban J connectivity index is 1.86. The van der Waals surface area contributed by atoms with Gasteiger partial charge in [-0.1, -0.05) is 6.08 Å². The molecule has 0 radical (unpaired) electrons. The van der Waals surface area contributed by atoms with Crippen LogP contribution in [0.1, 0.15) is 13.3 Å². The van der Waals surface area contributed by atoms with Gasteiger partial charge in [0.2, 0.25) is 12.6 Å². The van der Waals surface area contributed by atoms with Crippen LogP contribution in [-0.2, 0) is 33.3 Å². The Labute approximate surface area is 166 Å². The predicted molar refractivity (Wildman–Crippen MR) is 91.6 cm³/mol. The standard InChI is InChI=1S/C18H24O11/c1-3-9-16(26-7-10-15(23)25-5-4-18(9,10)24)29-17-14(27-8(2)20)13(22)12(21)11(6-19)28-17/h3,7,9,11-14,16-17,19,21-22,24H,1,4-6H2,2H3/t9-,11+,12+,13-,14+,16-,17-,18+/m0/s1. The highest BCUT2D eigenvalue weighted by Crippen LogP contribution is 2.42. The van der Waals surface area contributed by atoms with Crippen molar-refractivity contribution in [3.05, 3.63) is 24.5 Å². The molecule has 3 rings (SSSR count). The molecule has 0 aromatic carbocycles. The van der Waals surface area contributed by atoms with E-state index < -0.39 is 67.1 Å². The van der Waals surface area contributed by atoms with Gasteiger partial charge in [-0.3, -0.25) is 4.79 Å². The van der Waals surface area contributed by atoms with E-state index in [9.17, 15) is 30.0 Å². The second-order valence-electron chi connectivity index (χ2n) is 7.02. The Bertz CT molecular complexity index is 691. The Morgan fingerprint density at radius 2 is 2.10 bits per heavy atom. The molecule has 0 saturated carbocycles. The molecular formula is C18H24O11. The fraction of sp³-hybridized carbons (Fsp3) is 0.667. The van der Waals surface area contributed by atoms with Gasteiger partial charge in [-0.25, -0.2) is 4.79 Å². The summed E-state index contributed by atoms with van der Waals surface area (Å²) in [5, 5.41) is 40.8. The number of rotatable bonds is 5. The predicted octanol–water partition coefficient (Wildman–Crippen LogP) is -1.91. The molecule has 0 spiro atoms. The quantitative estimate of drug-likeness (QED) is 0.292. The summed E-state index contributed by atoms with van der Waals surface area (Å²) in [7, 11) is 0. The maximum atomic E-state index is 11.9. The molecule has 0 aliphatic carbocycles. The number of ether oxygens (including phenoxy) is 5. The smallest absolute Gasteiger partial charge is 0.340 e. The van der Waals surface area contributed by atoms with Crippen LogP contribution in [0.25, 0.3) is 0 Å². The minimum absolute atomic E-state index is 0.0166. The van der Waals surface area contributed by atoms with Crippen molar-refractivity contribution in [2.75, 3.05) is 13.2 Å². The average Bonchev–Trinajstić information content (AvgIpc) is 2.66. The monoisotopic (exact) mass is 416 g/mol. The lowest BCUT2D eigenvalue weighted by molar-refractivity contribution is -0.345. The van der Waals surface area contributed by atoms with Crippen LogP contribution < -0.4 is 0 Å². The Hall–Kier alpha value is -2.02. The number of esters is 2. The van der Waals surface area contributed by atoms with Crippen LogP contribution in [0.15, 0.2) is 24.5 Å². The molecule has 11 nitrogen and oxygen atoms in total. The summed E-state index contributed by atoms with van der Waals surface area (Å²) in [4.78, 5) is 23.4. The molecule has 4 N–H and O–H groups in total. The van der Waals surface area contributed by atoms with Crippen LogP contribution in [0.4, 0.5) is 0 Å². The van der Waals surface area contributed by atoms with E-state index in [2.05, 4.69) is 6.58 Å². The zero-order chi connectivity index (χ0) is 21.3. The van der Waals surface area contributed by atoms with Crippen molar-refractivity contribution in [2.24, 2.45) is 5.92 Å². The van der Waals surface area contributed by atoms with E-state index >= 15 is 0 Å². The normalized spacial score (nSPS) is 42.0. The molecule has 0 aromatic rings. The van der Waals surface area contributed by atoms with Gasteiger partial charge in [-0.15, -0.1) is 6.58 Å². The molecule has 0 unspecified atom stereocenters. The van der Waals surface area contributed by atoms with Crippen molar-refractivity contribution in [1.29, 1.82) is 0 Å². The number of carbonyl (C=O) groups excluding carboxylic acids is 2. The zero-order valence-electron chi connectivity index (χ0n) is 15.7. The second kappa shape index (κ2) is 8.38. The molecule has 11 heteroatoms. The Morgan fingerprint density at radius 3 is 2.72 bits per heavy atom. The van der Waals surface area contributed by atoms with Gasteiger partial charge in [0.05, 0.1) is 25.4 Å². The Morgan fingerprint density at radius 1 is 1.38 bits per heavy atom. The summed E-state index contributed by atoms with van der Waals surface area (Å²) in [5.74, 6) is -2.43. The molecule has 0 aromatic heterocycles. The third-order valence-corrected chi connectivity index (χ3v) is 5.22. The first-order chi connectivity index (χ1) is 13.7. The number of hydrogen-bond donors (Lipinski definition) is 4. The van der Waals surface area contributed by atoms with E-state index in [0.717, 1.165) is 13.2 Å². The second-order valence-corrected chi connectivity index (χ2v) is 7.02. The van der Waals surface area contributed by atoms with Crippen LogP contribution in [0, 0.1) is 5.92 Å². The molecular weight excluding hydrogens is 392 g/mol. The maximum Gasteiger partial charge on any atom is 0.340 e. The SMILES string of the molecule is C=C[C@H]1[C@H](O[C@@H]2O[C@H](CO)[C@@H](O)[C@H](O)[C@H]2OC(C)=O)OC=C2C(=O)OCC[C@]21O. The van der Waals surface area contributed by atoms with Crippen molar-refractivity contribution < 1.29 is 53.7 Å². The lowest BCUT2D eigenvalue weighted by Gasteiger charge is -2.47. The number of cyclic esters (lactones) is 1. The number of aliphatic hydroxyl groups is 4. The molecule has 8 atom stereocenters. The molecule has 2 saturated heterocycles. The largest absolute Gasteiger partial charge is 0.471 e. The van der Waals surface area contributed by atoms with Crippen molar-refractivity contribution in [3.8, 4) is 0 Å². The molecule has 3 heterocycles. The molecule has 2 fully saturated rings. The number of aliphatic hydroxyl groups excluding tert-OH is 3. The lowest BCUT2D eigenvalue weighted by atomic mass is 9.76. The summed E-state index contributed by atoms with van der Waals surface area (Å²) in [6.45, 7) is 4.11. The summed E-state index contributed by atoms with van der Waals surface area (Å²) in [5.41, 5.74) is -1.75. The first-order valence-electron chi connectivity index (χ1n) is 9.06. The summed E-state index contributed by atoms with van der Waals surface area (Å²) in [6.07, 6.45) is -6.05. The summed E-state index contributed by atoms with van der Waals surface area (Å²) >= 11 is 0. The van der Waals surface area contributed by atoms with Gasteiger partial charge in [0.1, 0.15) is 29.5 Å². The highest BCUT2D eigenvalue weighted by molar-refractivity contribution is 5.91. The molecule has 0 amide bonds. The van der Waals surface area contributed by atoms with E-state index in [0.29, 0.717) is 0 Å². The highest BCUT2D eigenvalue weighted by atomic mass is 16.8. The van der Waals surface area contributed by atoms with Crippen LogP contribution in [0.5, 0.6) is 0 Å². The van der Waals surface area contributed by atoms with Crippen molar-refractivity contribution in [1.82, 2.24) is 0 Å². The van der Waals surface area contributed by atoms with Gasteiger partial charge < -0.3 is 44.1 Å². The van der Waals surface area contributed by atoms with Gasteiger partial charge in [-0.2, -0.15) is 0 Å². The summed E-state index contributed by atoms with van der Waals surface area (Å²) < 4.78 is 26.5. The minimum Gasteiger partial charge on any atom is -0.471 e. The van der Waals surface area contributed by atoms with E-state index in [-0.39, 0.29) is 18.6 Å². The van der Waals surface area contributed by atoms with E-state index in [1.54, 1.807) is 0 Å². The van der Waals surface area contributed by atoms with Crippen LogP contribution >= 0.6 is 0 Å². The van der Waals surface area contributed by atoms with Gasteiger partial charge in [0, 0.05) is 13.3 Å². The molecule has 0 bridgehead atoms. The topological polar surface area (TPSA) is 161 Å². The molecule has 3 aliphatic heterocycles. The van der Waals surface area contributed by atoms with Crippen molar-refractivity contribution >= 4 is 11.9 Å². The molecule has 3 aliphatic rings. The zero-order valence-corrected chi connectivity index (χ0v) is 15.7. The van der Waals surface area contributed by atoms with Gasteiger partial charge in [-0.05, 0) is 0 Å². The maximum absolute atomic E-state index is 11.9. The van der Waals surface area contributed by atoms with Crippen molar-refractivity contribution in [2.45, 2.75) is 55.9 Å². The summed E-state index contributed by atoms with van der Waals surface area (Å²) in [6, 6.07) is 0. The van der Waals surface area contributed by atoms with E-state index in [4.69, 9.17) is 23.7 Å². The molecule has 162 valence electrons. The third kappa shape index (κ3) is 3.89. The first kappa shape index (κ1) is 21.7. The molecule has 29 heavy (non-hydrogen) atoms. The van der Waals surface area contributed by atoms with Crippen molar-refractivity contribution in [3.63, 3.8) is 0 Å². The van der Waals surface area contributed by atoms with Gasteiger partial charge in [0.15, 0.2) is 6.10 Å². The highest BCUT2D eigenvalue weighted by Gasteiger charge is 2.55. The Kier molecular flexibility index (Phi) is 6.27. The fourth-order valence-electron chi connectivity index (χ4n) is 3.67. The van der Waals surface area contributed by atoms with Gasteiger partial charge >= 0.3 is 11.9 Å².